The molecule has 0 unspecified atom stereocenters. The van der Waals surface area contributed by atoms with Gasteiger partial charge in [-0.05, 0) is 41.9 Å². The second kappa shape index (κ2) is 23.3. The van der Waals surface area contributed by atoms with Crippen LogP contribution in [0.2, 0.25) is 0 Å². The van der Waals surface area contributed by atoms with Crippen molar-refractivity contribution in [1.82, 2.24) is 10.6 Å². The van der Waals surface area contributed by atoms with Gasteiger partial charge in [-0.15, -0.1) is 0 Å². The first-order valence-corrected chi connectivity index (χ1v) is 13.0. The summed E-state index contributed by atoms with van der Waals surface area (Å²) in [5.74, 6) is 0. The lowest BCUT2D eigenvalue weighted by Crippen LogP contribution is -1.96. The van der Waals surface area contributed by atoms with Crippen molar-refractivity contribution < 1.29 is 0 Å². The van der Waals surface area contributed by atoms with Crippen molar-refractivity contribution in [3.05, 3.63) is 218 Å². The van der Waals surface area contributed by atoms with Crippen LogP contribution in [-0.2, 0) is 0 Å². The summed E-state index contributed by atoms with van der Waals surface area (Å²) in [7, 11) is 0. The van der Waals surface area contributed by atoms with Crippen LogP contribution in [0.25, 0.3) is 0 Å². The van der Waals surface area contributed by atoms with Crippen LogP contribution >= 0.6 is 0 Å². The van der Waals surface area contributed by atoms with Gasteiger partial charge in [0.25, 0.3) is 0 Å². The lowest BCUT2D eigenvalue weighted by atomic mass is 10.2. The summed E-state index contributed by atoms with van der Waals surface area (Å²) in [6.07, 6.45) is 69.4. The number of hydrogen-bond donors (Lipinski definition) is 2. The Kier molecular flexibility index (Phi) is 18.0. The van der Waals surface area contributed by atoms with Crippen molar-refractivity contribution in [3.63, 3.8) is 0 Å². The molecule has 2 heteroatoms. The molecule has 2 nitrogen and oxygen atoms in total. The average Bonchev–Trinajstić information content (AvgIpc) is 2.98. The standard InChI is InChI=1S/C37H38N2/c1(2-4-6-8-10-12-14-16-18-20-22-24-26-36-28-32-38-33-29-36)3-5-7-9-11-13-15-17-19-21-23-25-27-37-30-34-39-35-31-37/h1-24,26-35,38-39H,25H2/b3-1+,4-2+,7-5+,8-6+,11-9+,12-10+,15-13+,16-14+,19-17+,20-18+,23-21+,24-22+. The Morgan fingerprint density at radius 3 is 1.05 bits per heavy atom. The highest BCUT2D eigenvalue weighted by molar-refractivity contribution is 5.37. The monoisotopic (exact) mass is 510 g/mol. The fourth-order valence-corrected chi connectivity index (χ4v) is 2.92. The molecular weight excluding hydrogens is 472 g/mol. The summed E-state index contributed by atoms with van der Waals surface area (Å²) in [5.41, 5.74) is 2.39. The summed E-state index contributed by atoms with van der Waals surface area (Å²) >= 11 is 0. The molecule has 0 aromatic heterocycles. The fourth-order valence-electron chi connectivity index (χ4n) is 2.92. The molecule has 2 aliphatic rings. The van der Waals surface area contributed by atoms with E-state index in [-0.39, 0.29) is 0 Å². The van der Waals surface area contributed by atoms with Gasteiger partial charge in [0.05, 0.1) is 0 Å². The predicted molar refractivity (Wildman–Crippen MR) is 173 cm³/mol. The number of nitrogens with one attached hydrogen (secondary N) is 2. The van der Waals surface area contributed by atoms with Crippen LogP contribution in [0.3, 0.4) is 0 Å². The Balaban J connectivity index is 1.50. The highest BCUT2D eigenvalue weighted by Crippen LogP contribution is 2.04. The van der Waals surface area contributed by atoms with Gasteiger partial charge >= 0.3 is 0 Å². The number of rotatable bonds is 14. The third-order valence-electron chi connectivity index (χ3n) is 4.85. The molecule has 0 aliphatic carbocycles. The maximum absolute atomic E-state index is 3.02. The molecule has 0 fully saturated rings. The number of hydrogen-bond acceptors (Lipinski definition) is 2. The number of allylic oxidation sites excluding steroid dienone is 32. The zero-order chi connectivity index (χ0) is 27.3. The molecular formula is C37H38N2. The average molecular weight is 511 g/mol. The van der Waals surface area contributed by atoms with E-state index in [4.69, 9.17) is 0 Å². The van der Waals surface area contributed by atoms with Crippen LogP contribution < -0.4 is 10.6 Å². The van der Waals surface area contributed by atoms with Gasteiger partial charge in [0.15, 0.2) is 0 Å². The summed E-state index contributed by atoms with van der Waals surface area (Å²) in [6.45, 7) is 0. The molecule has 0 spiro atoms. The quantitative estimate of drug-likeness (QED) is 0.228. The van der Waals surface area contributed by atoms with E-state index in [0.29, 0.717) is 0 Å². The van der Waals surface area contributed by atoms with Crippen LogP contribution in [0.15, 0.2) is 218 Å². The van der Waals surface area contributed by atoms with E-state index >= 15 is 0 Å². The van der Waals surface area contributed by atoms with Gasteiger partial charge in [0.2, 0.25) is 0 Å². The molecule has 0 saturated carbocycles. The second-order valence-electron chi connectivity index (χ2n) is 7.94. The van der Waals surface area contributed by atoms with Crippen molar-refractivity contribution in [2.45, 2.75) is 6.42 Å². The molecule has 2 rings (SSSR count). The molecule has 0 atom stereocenters. The summed E-state index contributed by atoms with van der Waals surface area (Å²) in [5, 5.41) is 6.04. The molecule has 39 heavy (non-hydrogen) atoms. The first-order valence-electron chi connectivity index (χ1n) is 13.0. The molecule has 0 aromatic rings. The molecule has 0 amide bonds. The highest BCUT2D eigenvalue weighted by atomic mass is 14.8. The first kappa shape index (κ1) is 30.1. The second-order valence-corrected chi connectivity index (χ2v) is 7.94. The summed E-state index contributed by atoms with van der Waals surface area (Å²) in [4.78, 5) is 0. The normalized spacial score (nSPS) is 16.5. The van der Waals surface area contributed by atoms with Crippen molar-refractivity contribution in [1.29, 1.82) is 0 Å². The van der Waals surface area contributed by atoms with Gasteiger partial charge in [-0.1, -0.05) is 158 Å². The molecule has 2 N–H and O–H groups in total. The van der Waals surface area contributed by atoms with Gasteiger partial charge < -0.3 is 10.6 Å². The van der Waals surface area contributed by atoms with Crippen molar-refractivity contribution in [3.8, 4) is 0 Å². The van der Waals surface area contributed by atoms with Crippen LogP contribution in [0.4, 0.5) is 0 Å². The van der Waals surface area contributed by atoms with E-state index in [9.17, 15) is 0 Å². The minimum absolute atomic E-state index is 0.919. The fraction of sp³-hybridized carbons (Fsp3) is 0.0270. The van der Waals surface area contributed by atoms with E-state index in [0.717, 1.165) is 6.42 Å². The molecule has 0 radical (unpaired) electrons. The number of dihydropyridines is 2. The molecule has 2 aliphatic heterocycles. The largest absolute Gasteiger partial charge is 0.368 e. The Morgan fingerprint density at radius 1 is 0.359 bits per heavy atom. The summed E-state index contributed by atoms with van der Waals surface area (Å²) in [6, 6.07) is 0. The lowest BCUT2D eigenvalue weighted by Gasteiger charge is -1.99. The maximum atomic E-state index is 3.02. The third kappa shape index (κ3) is 18.8. The Labute approximate surface area is 235 Å². The van der Waals surface area contributed by atoms with Crippen molar-refractivity contribution in [2.24, 2.45) is 0 Å². The molecule has 2 heterocycles. The zero-order valence-corrected chi connectivity index (χ0v) is 22.3. The molecule has 196 valence electrons. The van der Waals surface area contributed by atoms with Crippen LogP contribution in [0.1, 0.15) is 6.42 Å². The minimum atomic E-state index is 0.919. The molecule has 0 saturated heterocycles. The third-order valence-corrected chi connectivity index (χ3v) is 4.85. The maximum Gasteiger partial charge on any atom is 0.00104 e. The predicted octanol–water partition coefficient (Wildman–Crippen LogP) is 9.16. The van der Waals surface area contributed by atoms with Gasteiger partial charge in [0.1, 0.15) is 0 Å². The summed E-state index contributed by atoms with van der Waals surface area (Å²) < 4.78 is 0. The zero-order valence-electron chi connectivity index (χ0n) is 22.3. The molecule has 0 aromatic carbocycles. The van der Waals surface area contributed by atoms with Crippen molar-refractivity contribution in [2.75, 3.05) is 0 Å². The van der Waals surface area contributed by atoms with E-state index in [1.165, 1.54) is 11.1 Å². The van der Waals surface area contributed by atoms with Gasteiger partial charge in [-0.25, -0.2) is 0 Å². The Morgan fingerprint density at radius 2 is 0.667 bits per heavy atom. The van der Waals surface area contributed by atoms with Crippen LogP contribution in [-0.4, -0.2) is 0 Å². The van der Waals surface area contributed by atoms with Crippen molar-refractivity contribution >= 4 is 0 Å². The highest BCUT2D eigenvalue weighted by Gasteiger charge is 1.88. The van der Waals surface area contributed by atoms with Gasteiger partial charge in [0, 0.05) is 24.8 Å². The van der Waals surface area contributed by atoms with E-state index in [1.807, 2.05) is 171 Å². The van der Waals surface area contributed by atoms with E-state index < -0.39 is 0 Å². The lowest BCUT2D eigenvalue weighted by molar-refractivity contribution is 1.16. The first-order chi connectivity index (χ1) is 19.4. The van der Waals surface area contributed by atoms with E-state index in [2.05, 4.69) is 47.1 Å². The smallest absolute Gasteiger partial charge is 0.00104 e. The minimum Gasteiger partial charge on any atom is -0.368 e. The van der Waals surface area contributed by atoms with Crippen LogP contribution in [0.5, 0.6) is 0 Å². The Bertz CT molecular complexity index is 1220. The topological polar surface area (TPSA) is 24.1 Å². The van der Waals surface area contributed by atoms with Crippen LogP contribution in [0, 0.1) is 0 Å². The SMILES string of the molecule is C1=CC(=C/C=C/C=C/C=C/C=C/C=C/C=C/C=C/C=C/C=C/C=C/C=C/C=C/CC=C2C=CNC=C2)C=CN1. The van der Waals surface area contributed by atoms with E-state index in [1.54, 1.807) is 0 Å². The molecule has 0 bridgehead atoms. The van der Waals surface area contributed by atoms with Gasteiger partial charge in [-0.3, -0.25) is 0 Å². The Hall–Kier alpha value is -5.08. The van der Waals surface area contributed by atoms with Gasteiger partial charge in [-0.2, -0.15) is 0 Å².